The van der Waals surface area contributed by atoms with Crippen LogP contribution in [0.25, 0.3) is 0 Å². The molecule has 0 aliphatic carbocycles. The molecule has 1 aromatic rings. The van der Waals surface area contributed by atoms with Gasteiger partial charge in [-0.05, 0) is 71.2 Å². The number of carbonyl (C=O) groups excluding carboxylic acids is 1. The fraction of sp³-hybridized carbons (Fsp3) is 0.650. The van der Waals surface area contributed by atoms with Crippen LogP contribution in [-0.2, 0) is 0 Å². The molecule has 0 unspecified atom stereocenters. The van der Waals surface area contributed by atoms with Gasteiger partial charge < -0.3 is 9.47 Å². The predicted molar refractivity (Wildman–Crippen MR) is 97.2 cm³/mol. The van der Waals surface area contributed by atoms with E-state index in [4.69, 9.17) is 9.47 Å². The van der Waals surface area contributed by atoms with Crippen molar-refractivity contribution in [2.75, 3.05) is 19.8 Å². The molecular weight excluding hydrogens is 302 g/mol. The van der Waals surface area contributed by atoms with Crippen LogP contribution in [0.2, 0.25) is 0 Å². The normalized spacial score (nSPS) is 21.5. The lowest BCUT2D eigenvalue weighted by Gasteiger charge is -2.39. The van der Waals surface area contributed by atoms with E-state index in [-0.39, 0.29) is 0 Å². The summed E-state index contributed by atoms with van der Waals surface area (Å²) < 4.78 is 11.4. The molecule has 1 fully saturated rings. The van der Waals surface area contributed by atoms with E-state index < -0.39 is 0 Å². The molecular formula is C20H31NO3. The maximum atomic E-state index is 10.9. The van der Waals surface area contributed by atoms with Crippen molar-refractivity contribution >= 4 is 6.29 Å². The molecule has 1 aliphatic rings. The number of hydrogen-bond acceptors (Lipinski definition) is 4. The first-order chi connectivity index (χ1) is 11.7. The molecule has 1 aromatic carbocycles. The number of hydrogen-bond donors (Lipinski definition) is 0. The fourth-order valence-electron chi connectivity index (χ4n) is 3.48. The number of aldehydes is 1. The van der Waals surface area contributed by atoms with Gasteiger partial charge >= 0.3 is 0 Å². The Morgan fingerprint density at radius 3 is 2.54 bits per heavy atom. The standard InChI is InChI=1S/C20H31NO3/c1-4-23-20-14-18(15-22)10-11-19(20)24-13-6-5-12-21-16(2)8-7-9-17(21)3/h10-11,14-17H,4-9,12-13H2,1-3H3/t16-,17-/m1/s1. The highest BCUT2D eigenvalue weighted by molar-refractivity contribution is 5.76. The highest BCUT2D eigenvalue weighted by Crippen LogP contribution is 2.28. The number of piperidine rings is 1. The molecule has 1 aliphatic heterocycles. The van der Waals surface area contributed by atoms with Gasteiger partial charge in [0.05, 0.1) is 13.2 Å². The smallest absolute Gasteiger partial charge is 0.161 e. The minimum Gasteiger partial charge on any atom is -0.490 e. The summed E-state index contributed by atoms with van der Waals surface area (Å²) in [6.07, 6.45) is 7.00. The quantitative estimate of drug-likeness (QED) is 0.498. The Morgan fingerprint density at radius 2 is 1.88 bits per heavy atom. The Bertz CT molecular complexity index is 508. The molecule has 134 valence electrons. The van der Waals surface area contributed by atoms with Crippen LogP contribution in [-0.4, -0.2) is 43.0 Å². The monoisotopic (exact) mass is 333 g/mol. The van der Waals surface area contributed by atoms with E-state index in [1.54, 1.807) is 12.1 Å². The molecule has 1 saturated heterocycles. The highest BCUT2D eigenvalue weighted by atomic mass is 16.5. The number of rotatable bonds is 9. The molecule has 0 saturated carbocycles. The molecule has 4 heteroatoms. The van der Waals surface area contributed by atoms with Crippen molar-refractivity contribution in [2.45, 2.75) is 65.0 Å². The molecule has 4 nitrogen and oxygen atoms in total. The maximum absolute atomic E-state index is 10.9. The van der Waals surface area contributed by atoms with Crippen LogP contribution >= 0.6 is 0 Å². The zero-order chi connectivity index (χ0) is 17.4. The van der Waals surface area contributed by atoms with E-state index in [9.17, 15) is 4.79 Å². The van der Waals surface area contributed by atoms with E-state index in [0.717, 1.165) is 31.4 Å². The summed E-state index contributed by atoms with van der Waals surface area (Å²) in [5.41, 5.74) is 0.610. The Balaban J connectivity index is 1.76. The molecule has 0 aromatic heterocycles. The number of nitrogens with zero attached hydrogens (tertiary/aromatic N) is 1. The van der Waals surface area contributed by atoms with Gasteiger partial charge in [-0.2, -0.15) is 0 Å². The minimum absolute atomic E-state index is 0.559. The molecule has 2 rings (SSSR count). The van der Waals surface area contributed by atoms with Gasteiger partial charge in [-0.1, -0.05) is 6.42 Å². The Hall–Kier alpha value is -1.55. The third-order valence-electron chi connectivity index (χ3n) is 4.85. The number of benzene rings is 1. The topological polar surface area (TPSA) is 38.8 Å². The molecule has 0 bridgehead atoms. The second-order valence-electron chi connectivity index (χ2n) is 6.68. The molecule has 0 spiro atoms. The van der Waals surface area contributed by atoms with Crippen molar-refractivity contribution in [1.29, 1.82) is 0 Å². The van der Waals surface area contributed by atoms with Crippen LogP contribution in [0.3, 0.4) is 0 Å². The first-order valence-corrected chi connectivity index (χ1v) is 9.26. The Labute approximate surface area is 146 Å². The first-order valence-electron chi connectivity index (χ1n) is 9.26. The van der Waals surface area contributed by atoms with Gasteiger partial charge in [-0.3, -0.25) is 9.69 Å². The van der Waals surface area contributed by atoms with E-state index in [1.807, 2.05) is 13.0 Å². The van der Waals surface area contributed by atoms with Gasteiger partial charge in [0.25, 0.3) is 0 Å². The molecule has 0 radical (unpaired) electrons. The number of ether oxygens (including phenoxy) is 2. The minimum atomic E-state index is 0.559. The van der Waals surface area contributed by atoms with Crippen LogP contribution in [0.15, 0.2) is 18.2 Å². The fourth-order valence-corrected chi connectivity index (χ4v) is 3.48. The SMILES string of the molecule is CCOc1cc(C=O)ccc1OCCCCN1[C@H](C)CCC[C@H]1C. The van der Waals surface area contributed by atoms with Crippen LogP contribution in [0.4, 0.5) is 0 Å². The van der Waals surface area contributed by atoms with Gasteiger partial charge in [0.15, 0.2) is 11.5 Å². The summed E-state index contributed by atoms with van der Waals surface area (Å²) in [5, 5.41) is 0. The van der Waals surface area contributed by atoms with Gasteiger partial charge in [-0.15, -0.1) is 0 Å². The van der Waals surface area contributed by atoms with Crippen molar-refractivity contribution in [3.63, 3.8) is 0 Å². The number of likely N-dealkylation sites (tertiary alicyclic amines) is 1. The lowest BCUT2D eigenvalue weighted by atomic mass is 9.97. The van der Waals surface area contributed by atoms with E-state index in [2.05, 4.69) is 18.7 Å². The Morgan fingerprint density at radius 1 is 1.12 bits per heavy atom. The van der Waals surface area contributed by atoms with Crippen LogP contribution in [0.5, 0.6) is 11.5 Å². The first kappa shape index (κ1) is 18.8. The maximum Gasteiger partial charge on any atom is 0.161 e. The second kappa shape index (κ2) is 9.67. The summed E-state index contributed by atoms with van der Waals surface area (Å²) in [6.45, 7) is 9.00. The summed E-state index contributed by atoms with van der Waals surface area (Å²) in [4.78, 5) is 13.5. The van der Waals surface area contributed by atoms with Crippen molar-refractivity contribution < 1.29 is 14.3 Å². The summed E-state index contributed by atoms with van der Waals surface area (Å²) >= 11 is 0. The third kappa shape index (κ3) is 5.23. The van der Waals surface area contributed by atoms with Crippen LogP contribution < -0.4 is 9.47 Å². The van der Waals surface area contributed by atoms with Crippen molar-refractivity contribution in [1.82, 2.24) is 4.90 Å². The van der Waals surface area contributed by atoms with Crippen LogP contribution in [0.1, 0.15) is 63.2 Å². The van der Waals surface area contributed by atoms with Gasteiger partial charge in [0, 0.05) is 17.6 Å². The second-order valence-corrected chi connectivity index (χ2v) is 6.68. The Kier molecular flexibility index (Phi) is 7.57. The molecule has 1 heterocycles. The largest absolute Gasteiger partial charge is 0.490 e. The average molecular weight is 333 g/mol. The molecule has 0 N–H and O–H groups in total. The van der Waals surface area contributed by atoms with E-state index in [1.165, 1.54) is 19.3 Å². The predicted octanol–water partition coefficient (Wildman–Crippen LogP) is 4.32. The lowest BCUT2D eigenvalue weighted by Crippen LogP contribution is -2.44. The van der Waals surface area contributed by atoms with Gasteiger partial charge in [0.1, 0.15) is 6.29 Å². The average Bonchev–Trinajstić information content (AvgIpc) is 2.58. The zero-order valence-corrected chi connectivity index (χ0v) is 15.3. The lowest BCUT2D eigenvalue weighted by molar-refractivity contribution is 0.0995. The third-order valence-corrected chi connectivity index (χ3v) is 4.85. The zero-order valence-electron chi connectivity index (χ0n) is 15.3. The molecule has 2 atom stereocenters. The summed E-state index contributed by atoms with van der Waals surface area (Å²) in [6, 6.07) is 6.74. The number of unbranched alkanes of at least 4 members (excludes halogenated alkanes) is 1. The van der Waals surface area contributed by atoms with Crippen molar-refractivity contribution in [3.05, 3.63) is 23.8 Å². The highest BCUT2D eigenvalue weighted by Gasteiger charge is 2.23. The molecule has 24 heavy (non-hydrogen) atoms. The van der Waals surface area contributed by atoms with Crippen molar-refractivity contribution in [3.8, 4) is 11.5 Å². The summed E-state index contributed by atoms with van der Waals surface area (Å²) in [7, 11) is 0. The van der Waals surface area contributed by atoms with Crippen LogP contribution in [0, 0.1) is 0 Å². The summed E-state index contributed by atoms with van der Waals surface area (Å²) in [5.74, 6) is 1.38. The molecule has 0 amide bonds. The van der Waals surface area contributed by atoms with E-state index in [0.29, 0.717) is 36.6 Å². The van der Waals surface area contributed by atoms with Gasteiger partial charge in [-0.25, -0.2) is 0 Å². The van der Waals surface area contributed by atoms with Gasteiger partial charge in [0.2, 0.25) is 0 Å². The number of carbonyl (C=O) groups is 1. The van der Waals surface area contributed by atoms with E-state index >= 15 is 0 Å². The van der Waals surface area contributed by atoms with Crippen molar-refractivity contribution in [2.24, 2.45) is 0 Å².